The first-order chi connectivity index (χ1) is 22.2. The van der Waals surface area contributed by atoms with Gasteiger partial charge >= 0.3 is 6.03 Å². The second-order valence-corrected chi connectivity index (χ2v) is 12.9. The number of amides is 4. The molecule has 2 aromatic rings. The quantitative estimate of drug-likeness (QED) is 0.385. The number of nitrogens with one attached hydrogen (secondary N) is 2. The highest BCUT2D eigenvalue weighted by molar-refractivity contribution is 5.99. The van der Waals surface area contributed by atoms with Crippen LogP contribution in [0.1, 0.15) is 92.9 Å². The van der Waals surface area contributed by atoms with Crippen molar-refractivity contribution in [3.8, 4) is 5.75 Å². The number of likely N-dealkylation sites (N-methyl/N-ethyl adjacent to an activating group) is 1. The van der Waals surface area contributed by atoms with E-state index in [0.717, 1.165) is 44.9 Å². The Morgan fingerprint density at radius 3 is 2.50 bits per heavy atom. The van der Waals surface area contributed by atoms with Crippen LogP contribution in [0.3, 0.4) is 0 Å². The number of carbonyl (C=O) groups is 3. The van der Waals surface area contributed by atoms with Gasteiger partial charge in [-0.05, 0) is 76.3 Å². The standard InChI is InChI=1S/C35H51N5O6/c1-24-21-40(25(2)23-41)34(43)30-20-29(38-35(44)37-28-11-6-5-7-12-28)13-14-31(30)46-26(3)10-8-9-19-45-32(24)22-39(4)33(42)27-15-17-36-18-16-27/h13-18,20,24-26,28,32,41H,5-12,19,21-23H2,1-4H3,(H2,37,38,44)/t24-,25+,26+,32-/m0/s1. The first-order valence-electron chi connectivity index (χ1n) is 16.7. The Labute approximate surface area is 273 Å². The van der Waals surface area contributed by atoms with E-state index in [0.29, 0.717) is 35.7 Å². The van der Waals surface area contributed by atoms with Crippen LogP contribution < -0.4 is 15.4 Å². The summed E-state index contributed by atoms with van der Waals surface area (Å²) in [5.41, 5.74) is 1.34. The normalized spacial score (nSPS) is 22.5. The van der Waals surface area contributed by atoms with Gasteiger partial charge in [-0.15, -0.1) is 0 Å². The predicted molar refractivity (Wildman–Crippen MR) is 177 cm³/mol. The first-order valence-corrected chi connectivity index (χ1v) is 16.7. The lowest BCUT2D eigenvalue weighted by molar-refractivity contribution is -0.0149. The highest BCUT2D eigenvalue weighted by Crippen LogP contribution is 2.29. The van der Waals surface area contributed by atoms with E-state index in [-0.39, 0.29) is 55.2 Å². The zero-order chi connectivity index (χ0) is 33.1. The van der Waals surface area contributed by atoms with Crippen LogP contribution in [-0.4, -0.2) is 95.4 Å². The average molecular weight is 638 g/mol. The minimum atomic E-state index is -0.504. The Morgan fingerprint density at radius 1 is 1.07 bits per heavy atom. The molecule has 4 rings (SSSR count). The predicted octanol–water partition coefficient (Wildman–Crippen LogP) is 5.10. The van der Waals surface area contributed by atoms with E-state index in [1.165, 1.54) is 6.42 Å². The van der Waals surface area contributed by atoms with Crippen LogP contribution in [0.5, 0.6) is 5.75 Å². The average Bonchev–Trinajstić information content (AvgIpc) is 3.06. The fourth-order valence-corrected chi connectivity index (χ4v) is 6.13. The number of rotatable bonds is 7. The lowest BCUT2D eigenvalue weighted by Gasteiger charge is -2.36. The molecule has 1 fully saturated rings. The molecule has 0 spiro atoms. The molecule has 1 aromatic heterocycles. The molecule has 0 bridgehead atoms. The van der Waals surface area contributed by atoms with E-state index in [2.05, 4.69) is 15.6 Å². The molecule has 0 radical (unpaired) electrons. The van der Waals surface area contributed by atoms with Crippen molar-refractivity contribution >= 4 is 23.5 Å². The summed E-state index contributed by atoms with van der Waals surface area (Å²) in [5.74, 6) is -0.198. The molecule has 4 atom stereocenters. The smallest absolute Gasteiger partial charge is 0.319 e. The molecule has 252 valence electrons. The van der Waals surface area contributed by atoms with Crippen LogP contribution in [0.25, 0.3) is 0 Å². The topological polar surface area (TPSA) is 133 Å². The van der Waals surface area contributed by atoms with Crippen molar-refractivity contribution in [3.05, 3.63) is 53.9 Å². The van der Waals surface area contributed by atoms with E-state index >= 15 is 0 Å². The highest BCUT2D eigenvalue weighted by Gasteiger charge is 2.31. The Morgan fingerprint density at radius 2 is 1.78 bits per heavy atom. The number of anilines is 1. The number of carbonyl (C=O) groups excluding carboxylic acids is 3. The molecule has 1 aliphatic heterocycles. The fourth-order valence-electron chi connectivity index (χ4n) is 6.13. The maximum atomic E-state index is 14.3. The van der Waals surface area contributed by atoms with Crippen molar-refractivity contribution in [2.45, 2.75) is 96.4 Å². The SMILES string of the molecule is C[C@@H]1CCCCO[C@@H](CN(C)C(=O)c2ccncc2)[C@@H](C)CN([C@H](C)CO)C(=O)c2cc(NC(=O)NC3CCCCC3)ccc2O1. The molecule has 1 saturated carbocycles. The molecular formula is C35H51N5O6. The summed E-state index contributed by atoms with van der Waals surface area (Å²) < 4.78 is 12.7. The lowest BCUT2D eigenvalue weighted by atomic mass is 9.96. The Balaban J connectivity index is 1.58. The highest BCUT2D eigenvalue weighted by atomic mass is 16.5. The summed E-state index contributed by atoms with van der Waals surface area (Å²) in [7, 11) is 1.75. The third kappa shape index (κ3) is 9.90. The van der Waals surface area contributed by atoms with Crippen molar-refractivity contribution in [2.75, 3.05) is 38.7 Å². The molecule has 11 nitrogen and oxygen atoms in total. The molecule has 0 saturated heterocycles. The van der Waals surface area contributed by atoms with Gasteiger partial charge in [-0.25, -0.2) is 4.79 Å². The molecule has 2 aliphatic rings. The number of benzene rings is 1. The van der Waals surface area contributed by atoms with Gasteiger partial charge in [-0.3, -0.25) is 14.6 Å². The monoisotopic (exact) mass is 637 g/mol. The number of aliphatic hydroxyl groups is 1. The summed E-state index contributed by atoms with van der Waals surface area (Å²) in [6.45, 7) is 6.65. The molecule has 0 unspecified atom stereocenters. The maximum absolute atomic E-state index is 14.3. The van der Waals surface area contributed by atoms with Crippen LogP contribution in [0.2, 0.25) is 0 Å². The number of hydrogen-bond donors (Lipinski definition) is 3. The van der Waals surface area contributed by atoms with Gasteiger partial charge in [0.2, 0.25) is 0 Å². The van der Waals surface area contributed by atoms with Crippen molar-refractivity contribution in [2.24, 2.45) is 5.92 Å². The number of hydrogen-bond acceptors (Lipinski definition) is 7. The van der Waals surface area contributed by atoms with Crippen LogP contribution >= 0.6 is 0 Å². The molecule has 3 N–H and O–H groups in total. The number of fused-ring (bicyclic) bond motifs is 1. The molecule has 1 aromatic carbocycles. The van der Waals surface area contributed by atoms with Gasteiger partial charge in [0.15, 0.2) is 0 Å². The van der Waals surface area contributed by atoms with Crippen LogP contribution in [-0.2, 0) is 4.74 Å². The van der Waals surface area contributed by atoms with E-state index < -0.39 is 6.04 Å². The lowest BCUT2D eigenvalue weighted by Crippen LogP contribution is -2.48. The minimum Gasteiger partial charge on any atom is -0.490 e. The summed E-state index contributed by atoms with van der Waals surface area (Å²) in [5, 5.41) is 16.2. The largest absolute Gasteiger partial charge is 0.490 e. The van der Waals surface area contributed by atoms with Crippen LogP contribution in [0, 0.1) is 5.92 Å². The van der Waals surface area contributed by atoms with Gasteiger partial charge in [0.05, 0.1) is 30.4 Å². The molecular weight excluding hydrogens is 586 g/mol. The number of nitrogens with zero attached hydrogens (tertiary/aromatic N) is 3. The zero-order valence-electron chi connectivity index (χ0n) is 27.7. The first kappa shape index (κ1) is 35.2. The fraction of sp³-hybridized carbons (Fsp3) is 0.600. The van der Waals surface area contributed by atoms with Crippen molar-refractivity contribution < 1.29 is 29.0 Å². The summed E-state index contributed by atoms with van der Waals surface area (Å²) >= 11 is 0. The molecule has 4 amide bonds. The zero-order valence-corrected chi connectivity index (χ0v) is 27.7. The molecule has 1 aliphatic carbocycles. The third-order valence-corrected chi connectivity index (χ3v) is 8.98. The van der Waals surface area contributed by atoms with Gasteiger partial charge in [0.25, 0.3) is 11.8 Å². The maximum Gasteiger partial charge on any atom is 0.319 e. The van der Waals surface area contributed by atoms with E-state index in [1.54, 1.807) is 66.5 Å². The van der Waals surface area contributed by atoms with Gasteiger partial charge in [0.1, 0.15) is 5.75 Å². The molecule has 2 heterocycles. The number of aliphatic hydroxyl groups excluding tert-OH is 1. The Kier molecular flexibility index (Phi) is 13.2. The van der Waals surface area contributed by atoms with Gasteiger partial charge < -0.3 is 35.0 Å². The number of pyridine rings is 1. The number of aromatic nitrogens is 1. The summed E-state index contributed by atoms with van der Waals surface area (Å²) in [6, 6.07) is 7.87. The van der Waals surface area contributed by atoms with E-state index in [1.807, 2.05) is 13.8 Å². The van der Waals surface area contributed by atoms with E-state index in [4.69, 9.17) is 9.47 Å². The second-order valence-electron chi connectivity index (χ2n) is 12.9. The summed E-state index contributed by atoms with van der Waals surface area (Å²) in [4.78, 5) is 47.6. The summed E-state index contributed by atoms with van der Waals surface area (Å²) in [6.07, 6.45) is 10.4. The van der Waals surface area contributed by atoms with Gasteiger partial charge in [0, 0.05) is 62.3 Å². The van der Waals surface area contributed by atoms with Gasteiger partial charge in [-0.1, -0.05) is 26.2 Å². The molecule has 11 heteroatoms. The molecule has 46 heavy (non-hydrogen) atoms. The Hall–Kier alpha value is -3.70. The van der Waals surface area contributed by atoms with Crippen molar-refractivity contribution in [3.63, 3.8) is 0 Å². The Bertz CT molecular complexity index is 1290. The van der Waals surface area contributed by atoms with E-state index in [9.17, 15) is 19.5 Å². The van der Waals surface area contributed by atoms with Crippen LogP contribution in [0.15, 0.2) is 42.7 Å². The second kappa shape index (κ2) is 17.3. The third-order valence-electron chi connectivity index (χ3n) is 8.98. The number of urea groups is 1. The number of ether oxygens (including phenoxy) is 2. The van der Waals surface area contributed by atoms with Crippen molar-refractivity contribution in [1.82, 2.24) is 20.1 Å². The van der Waals surface area contributed by atoms with Gasteiger partial charge in [-0.2, -0.15) is 0 Å². The minimum absolute atomic E-state index is 0.137. The van der Waals surface area contributed by atoms with Crippen molar-refractivity contribution in [1.29, 1.82) is 0 Å². The van der Waals surface area contributed by atoms with Crippen LogP contribution in [0.4, 0.5) is 10.5 Å².